The molecule has 0 saturated carbocycles. The van der Waals surface area contributed by atoms with Gasteiger partial charge in [-0.2, -0.15) is 0 Å². The van der Waals surface area contributed by atoms with Crippen LogP contribution in [0.1, 0.15) is 6.92 Å². The number of ether oxygens (including phenoxy) is 3. The van der Waals surface area contributed by atoms with Gasteiger partial charge >= 0.3 is 0 Å². The van der Waals surface area contributed by atoms with E-state index in [0.29, 0.717) is 17.3 Å². The van der Waals surface area contributed by atoms with E-state index in [0.717, 1.165) is 0 Å². The first-order chi connectivity index (χ1) is 6.21. The Bertz CT molecular complexity index is 226. The summed E-state index contributed by atoms with van der Waals surface area (Å²) < 4.78 is 15.2. The highest BCUT2D eigenvalue weighted by molar-refractivity contribution is 5.25. The summed E-state index contributed by atoms with van der Waals surface area (Å²) in [5.74, 6) is 1.83. The minimum atomic E-state index is 0.574. The molecule has 0 saturated heterocycles. The van der Waals surface area contributed by atoms with Gasteiger partial charge in [0.1, 0.15) is 5.76 Å². The fraction of sp³-hybridized carbons (Fsp3) is 0.400. The fourth-order valence-corrected chi connectivity index (χ4v) is 0.854. The van der Waals surface area contributed by atoms with Crippen molar-refractivity contribution in [3.63, 3.8) is 0 Å². The lowest BCUT2D eigenvalue weighted by Crippen LogP contribution is -1.99. The molecule has 0 unspecified atom stereocenters. The lowest BCUT2D eigenvalue weighted by molar-refractivity contribution is 0.186. The van der Waals surface area contributed by atoms with Crippen LogP contribution in [0, 0.1) is 0 Å². The molecule has 3 nitrogen and oxygen atoms in total. The van der Waals surface area contributed by atoms with Crippen LogP contribution in [0.5, 0.6) is 0 Å². The first-order valence-corrected chi connectivity index (χ1v) is 3.87. The number of rotatable bonds is 5. The summed E-state index contributed by atoms with van der Waals surface area (Å²) in [7, 11) is 4.71. The van der Waals surface area contributed by atoms with Gasteiger partial charge in [-0.15, -0.1) is 0 Å². The van der Waals surface area contributed by atoms with Crippen molar-refractivity contribution in [2.75, 3.05) is 21.3 Å². The Balaban J connectivity index is 4.94. The van der Waals surface area contributed by atoms with E-state index in [1.807, 2.05) is 0 Å². The molecule has 3 heteroatoms. The molecule has 0 aliphatic carbocycles. The van der Waals surface area contributed by atoms with Gasteiger partial charge in [0.2, 0.25) is 0 Å². The molecule has 74 valence electrons. The van der Waals surface area contributed by atoms with Crippen molar-refractivity contribution in [3.05, 3.63) is 36.0 Å². The second-order valence-corrected chi connectivity index (χ2v) is 2.26. The van der Waals surface area contributed by atoms with Crippen LogP contribution in [0.15, 0.2) is 36.0 Å². The van der Waals surface area contributed by atoms with Crippen LogP contribution in [-0.2, 0) is 14.2 Å². The average Bonchev–Trinajstić information content (AvgIpc) is 2.17. The number of hydrogen-bond donors (Lipinski definition) is 0. The standard InChI is InChI=1S/C10H16O3/c1-6-7-9(12-4)10(13-5)8(2)11-3/h6-7H,1H2,2-5H3/b9-7+,10-8-. The molecule has 0 heterocycles. The lowest BCUT2D eigenvalue weighted by atomic mass is 10.3. The maximum absolute atomic E-state index is 5.12. The largest absolute Gasteiger partial charge is 0.497 e. The summed E-state index contributed by atoms with van der Waals surface area (Å²) in [5, 5.41) is 0. The van der Waals surface area contributed by atoms with E-state index in [4.69, 9.17) is 14.2 Å². The second kappa shape index (κ2) is 6.17. The van der Waals surface area contributed by atoms with Crippen LogP contribution < -0.4 is 0 Å². The van der Waals surface area contributed by atoms with Crippen LogP contribution in [0.3, 0.4) is 0 Å². The van der Waals surface area contributed by atoms with E-state index in [-0.39, 0.29) is 0 Å². The lowest BCUT2D eigenvalue weighted by Gasteiger charge is -2.11. The third-order valence-corrected chi connectivity index (χ3v) is 1.54. The van der Waals surface area contributed by atoms with E-state index in [1.165, 1.54) is 0 Å². The molecule has 13 heavy (non-hydrogen) atoms. The van der Waals surface area contributed by atoms with Gasteiger partial charge in [-0.1, -0.05) is 12.7 Å². The van der Waals surface area contributed by atoms with Gasteiger partial charge < -0.3 is 14.2 Å². The Labute approximate surface area is 79.3 Å². The smallest absolute Gasteiger partial charge is 0.198 e. The first-order valence-electron chi connectivity index (χ1n) is 3.87. The normalized spacial score (nSPS) is 13.1. The highest BCUT2D eigenvalue weighted by atomic mass is 16.5. The van der Waals surface area contributed by atoms with Crippen molar-refractivity contribution in [2.24, 2.45) is 0 Å². The Morgan fingerprint density at radius 2 is 1.69 bits per heavy atom. The molecule has 0 N–H and O–H groups in total. The molecule has 0 atom stereocenters. The van der Waals surface area contributed by atoms with Gasteiger partial charge in [0.15, 0.2) is 11.5 Å². The molecule has 0 bridgehead atoms. The predicted molar refractivity (Wildman–Crippen MR) is 52.0 cm³/mol. The van der Waals surface area contributed by atoms with E-state index >= 15 is 0 Å². The van der Waals surface area contributed by atoms with Crippen LogP contribution in [0.4, 0.5) is 0 Å². The van der Waals surface area contributed by atoms with Crippen molar-refractivity contribution in [1.82, 2.24) is 0 Å². The van der Waals surface area contributed by atoms with Crippen molar-refractivity contribution >= 4 is 0 Å². The molecule has 0 aromatic heterocycles. The molecular formula is C10H16O3. The minimum absolute atomic E-state index is 0.574. The molecule has 0 rings (SSSR count). The highest BCUT2D eigenvalue weighted by Crippen LogP contribution is 2.16. The Hall–Kier alpha value is -1.38. The average molecular weight is 184 g/mol. The van der Waals surface area contributed by atoms with E-state index in [1.54, 1.807) is 40.4 Å². The predicted octanol–water partition coefficient (Wildman–Crippen LogP) is 2.23. The van der Waals surface area contributed by atoms with E-state index < -0.39 is 0 Å². The molecule has 0 aliphatic rings. The Morgan fingerprint density at radius 3 is 2.00 bits per heavy atom. The molecule has 0 radical (unpaired) electrons. The van der Waals surface area contributed by atoms with Gasteiger partial charge in [-0.05, 0) is 13.0 Å². The molecule has 0 fully saturated rings. The van der Waals surface area contributed by atoms with Gasteiger partial charge in [-0.25, -0.2) is 0 Å². The Morgan fingerprint density at radius 1 is 1.08 bits per heavy atom. The highest BCUT2D eigenvalue weighted by Gasteiger charge is 2.09. The SMILES string of the molecule is C=C/C=C(OC)\C(OC)=C(/C)OC. The summed E-state index contributed by atoms with van der Waals surface area (Å²) in [5.41, 5.74) is 0. The van der Waals surface area contributed by atoms with Crippen LogP contribution in [-0.4, -0.2) is 21.3 Å². The molecule has 0 aromatic carbocycles. The Kier molecular flexibility index (Phi) is 5.52. The first kappa shape index (κ1) is 11.6. The van der Waals surface area contributed by atoms with Gasteiger partial charge in [-0.3, -0.25) is 0 Å². The number of methoxy groups -OCH3 is 3. The molecule has 0 spiro atoms. The zero-order chi connectivity index (χ0) is 10.3. The number of hydrogen-bond acceptors (Lipinski definition) is 3. The quantitative estimate of drug-likeness (QED) is 0.484. The van der Waals surface area contributed by atoms with Crippen LogP contribution >= 0.6 is 0 Å². The van der Waals surface area contributed by atoms with Gasteiger partial charge in [0.25, 0.3) is 0 Å². The molecular weight excluding hydrogens is 168 g/mol. The summed E-state index contributed by atoms with van der Waals surface area (Å²) in [6.45, 7) is 5.38. The van der Waals surface area contributed by atoms with Crippen molar-refractivity contribution in [1.29, 1.82) is 0 Å². The van der Waals surface area contributed by atoms with Crippen molar-refractivity contribution in [3.8, 4) is 0 Å². The monoisotopic (exact) mass is 184 g/mol. The van der Waals surface area contributed by atoms with Gasteiger partial charge in [0, 0.05) is 0 Å². The molecule has 0 amide bonds. The molecule has 0 aromatic rings. The number of allylic oxidation sites excluding steroid dienone is 3. The third-order valence-electron chi connectivity index (χ3n) is 1.54. The maximum Gasteiger partial charge on any atom is 0.198 e. The topological polar surface area (TPSA) is 27.7 Å². The second-order valence-electron chi connectivity index (χ2n) is 2.26. The third kappa shape index (κ3) is 3.23. The summed E-state index contributed by atoms with van der Waals surface area (Å²) in [6, 6.07) is 0. The van der Waals surface area contributed by atoms with E-state index in [9.17, 15) is 0 Å². The molecule has 0 aliphatic heterocycles. The maximum atomic E-state index is 5.12. The van der Waals surface area contributed by atoms with Crippen molar-refractivity contribution < 1.29 is 14.2 Å². The summed E-state index contributed by atoms with van der Waals surface area (Å²) in [6.07, 6.45) is 3.34. The minimum Gasteiger partial charge on any atom is -0.497 e. The summed E-state index contributed by atoms with van der Waals surface area (Å²) >= 11 is 0. The van der Waals surface area contributed by atoms with E-state index in [2.05, 4.69) is 6.58 Å². The van der Waals surface area contributed by atoms with Crippen LogP contribution in [0.2, 0.25) is 0 Å². The zero-order valence-electron chi connectivity index (χ0n) is 8.59. The summed E-state index contributed by atoms with van der Waals surface area (Å²) in [4.78, 5) is 0. The van der Waals surface area contributed by atoms with Crippen molar-refractivity contribution in [2.45, 2.75) is 6.92 Å². The van der Waals surface area contributed by atoms with Crippen LogP contribution in [0.25, 0.3) is 0 Å². The zero-order valence-corrected chi connectivity index (χ0v) is 8.59. The fourth-order valence-electron chi connectivity index (χ4n) is 0.854. The van der Waals surface area contributed by atoms with Gasteiger partial charge in [0.05, 0.1) is 21.3 Å².